The lowest BCUT2D eigenvalue weighted by molar-refractivity contribution is 0.873. The fourth-order valence-electron chi connectivity index (χ4n) is 1.94. The Labute approximate surface area is 132 Å². The highest BCUT2D eigenvalue weighted by molar-refractivity contribution is 9.10. The van der Waals surface area contributed by atoms with Gasteiger partial charge < -0.3 is 10.6 Å². The molecule has 5 heteroatoms. The summed E-state index contributed by atoms with van der Waals surface area (Å²) < 4.78 is 1.00. The zero-order valence-corrected chi connectivity index (χ0v) is 13.6. The second kappa shape index (κ2) is 6.81. The van der Waals surface area contributed by atoms with Crippen LogP contribution >= 0.6 is 28.1 Å². The highest BCUT2D eigenvalue weighted by Gasteiger charge is 2.08. The number of hydrogen-bond donors (Lipinski definition) is 1. The maximum Gasteiger partial charge on any atom is 0.104 e. The summed E-state index contributed by atoms with van der Waals surface area (Å²) in [5, 5.41) is 0. The van der Waals surface area contributed by atoms with E-state index < -0.39 is 0 Å². The van der Waals surface area contributed by atoms with Crippen molar-refractivity contribution in [1.82, 2.24) is 4.98 Å². The Morgan fingerprint density at radius 2 is 2.00 bits per heavy atom. The van der Waals surface area contributed by atoms with Crippen molar-refractivity contribution in [1.29, 1.82) is 0 Å². The van der Waals surface area contributed by atoms with E-state index in [0.29, 0.717) is 4.99 Å². The van der Waals surface area contributed by atoms with Crippen LogP contribution in [0.2, 0.25) is 0 Å². The Morgan fingerprint density at radius 3 is 2.60 bits per heavy atom. The van der Waals surface area contributed by atoms with Gasteiger partial charge in [0.1, 0.15) is 4.99 Å². The van der Waals surface area contributed by atoms with Gasteiger partial charge >= 0.3 is 0 Å². The van der Waals surface area contributed by atoms with Crippen LogP contribution in [0.25, 0.3) is 0 Å². The van der Waals surface area contributed by atoms with E-state index in [4.69, 9.17) is 18.0 Å². The molecule has 0 aliphatic heterocycles. The summed E-state index contributed by atoms with van der Waals surface area (Å²) in [7, 11) is 2.07. The van der Waals surface area contributed by atoms with Gasteiger partial charge in [-0.05, 0) is 58.2 Å². The van der Waals surface area contributed by atoms with E-state index in [1.54, 1.807) is 0 Å². The molecule has 0 aliphatic rings. The first-order valence-corrected chi connectivity index (χ1v) is 7.47. The van der Waals surface area contributed by atoms with E-state index >= 15 is 0 Å². The van der Waals surface area contributed by atoms with Crippen molar-refractivity contribution >= 4 is 38.8 Å². The molecular formula is C15H16BrN3S. The number of benzene rings is 1. The van der Waals surface area contributed by atoms with E-state index in [1.165, 1.54) is 5.56 Å². The number of aromatic nitrogens is 1. The third-order valence-corrected chi connectivity index (χ3v) is 4.00. The molecule has 2 aromatic rings. The molecule has 0 saturated heterocycles. The van der Waals surface area contributed by atoms with Crippen molar-refractivity contribution in [2.75, 3.05) is 18.5 Å². The molecular weight excluding hydrogens is 334 g/mol. The highest BCUT2D eigenvalue weighted by atomic mass is 79.9. The Balaban J connectivity index is 2.06. The smallest absolute Gasteiger partial charge is 0.104 e. The van der Waals surface area contributed by atoms with Crippen molar-refractivity contribution < 1.29 is 0 Å². The van der Waals surface area contributed by atoms with Crippen LogP contribution in [0, 0.1) is 0 Å². The molecule has 0 unspecified atom stereocenters. The van der Waals surface area contributed by atoms with Gasteiger partial charge in [-0.2, -0.15) is 0 Å². The first-order chi connectivity index (χ1) is 9.58. The van der Waals surface area contributed by atoms with E-state index in [0.717, 1.165) is 28.7 Å². The second-order valence-corrected chi connectivity index (χ2v) is 5.85. The standard InChI is InChI=1S/C15H16BrN3S/c1-19(9-6-11-4-7-18-8-5-11)14-3-2-12(15(17)20)10-13(14)16/h2-5,7-8,10H,6,9H2,1H3,(H2,17,20). The van der Waals surface area contributed by atoms with Crippen molar-refractivity contribution in [3.05, 3.63) is 58.3 Å². The van der Waals surface area contributed by atoms with Crippen molar-refractivity contribution in [2.45, 2.75) is 6.42 Å². The molecule has 2 rings (SSSR count). The lowest BCUT2D eigenvalue weighted by atomic mass is 10.1. The van der Waals surface area contributed by atoms with Crippen LogP contribution in [0.3, 0.4) is 0 Å². The molecule has 0 spiro atoms. The molecule has 0 atom stereocenters. The van der Waals surface area contributed by atoms with Crippen LogP contribution in [0.1, 0.15) is 11.1 Å². The summed E-state index contributed by atoms with van der Waals surface area (Å²) in [4.78, 5) is 6.64. The summed E-state index contributed by atoms with van der Waals surface area (Å²) >= 11 is 8.56. The summed E-state index contributed by atoms with van der Waals surface area (Å²) in [6.07, 6.45) is 4.62. The first kappa shape index (κ1) is 14.9. The summed E-state index contributed by atoms with van der Waals surface area (Å²) in [6.45, 7) is 0.926. The largest absolute Gasteiger partial charge is 0.389 e. The summed E-state index contributed by atoms with van der Waals surface area (Å²) in [5.41, 5.74) is 8.91. The Kier molecular flexibility index (Phi) is 5.09. The van der Waals surface area contributed by atoms with Crippen LogP contribution in [0.4, 0.5) is 5.69 Å². The van der Waals surface area contributed by atoms with Gasteiger partial charge in [-0.15, -0.1) is 0 Å². The number of hydrogen-bond acceptors (Lipinski definition) is 3. The normalized spacial score (nSPS) is 10.3. The molecule has 20 heavy (non-hydrogen) atoms. The number of halogens is 1. The molecule has 2 N–H and O–H groups in total. The van der Waals surface area contributed by atoms with E-state index in [2.05, 4.69) is 32.9 Å². The number of nitrogens with zero attached hydrogens (tertiary/aromatic N) is 2. The summed E-state index contributed by atoms with van der Waals surface area (Å²) in [6, 6.07) is 10.0. The average molecular weight is 350 g/mol. The van der Waals surface area contributed by atoms with E-state index in [1.807, 2.05) is 42.7 Å². The van der Waals surface area contributed by atoms with Gasteiger partial charge in [0.15, 0.2) is 0 Å². The quantitative estimate of drug-likeness (QED) is 0.842. The minimum atomic E-state index is 0.414. The van der Waals surface area contributed by atoms with Gasteiger partial charge in [-0.1, -0.05) is 12.2 Å². The van der Waals surface area contributed by atoms with Gasteiger partial charge in [0.2, 0.25) is 0 Å². The van der Waals surface area contributed by atoms with Crippen LogP contribution in [-0.2, 0) is 6.42 Å². The number of pyridine rings is 1. The number of anilines is 1. The first-order valence-electron chi connectivity index (χ1n) is 6.27. The fourth-order valence-corrected chi connectivity index (χ4v) is 2.74. The molecule has 1 aromatic carbocycles. The van der Waals surface area contributed by atoms with E-state index in [9.17, 15) is 0 Å². The van der Waals surface area contributed by atoms with Crippen LogP contribution in [0.15, 0.2) is 47.2 Å². The molecule has 0 radical (unpaired) electrons. The molecule has 104 valence electrons. The van der Waals surface area contributed by atoms with Crippen molar-refractivity contribution in [2.24, 2.45) is 5.73 Å². The number of likely N-dealkylation sites (N-methyl/N-ethyl adjacent to an activating group) is 1. The SMILES string of the molecule is CN(CCc1ccncc1)c1ccc(C(N)=S)cc1Br. The van der Waals surface area contributed by atoms with Crippen molar-refractivity contribution in [3.8, 4) is 0 Å². The molecule has 3 nitrogen and oxygen atoms in total. The van der Waals surface area contributed by atoms with Crippen LogP contribution in [0.5, 0.6) is 0 Å². The molecule has 1 heterocycles. The topological polar surface area (TPSA) is 42.2 Å². The number of nitrogens with two attached hydrogens (primary N) is 1. The maximum absolute atomic E-state index is 5.63. The van der Waals surface area contributed by atoms with Crippen LogP contribution < -0.4 is 10.6 Å². The van der Waals surface area contributed by atoms with Gasteiger partial charge in [0.05, 0.1) is 5.69 Å². The summed E-state index contributed by atoms with van der Waals surface area (Å²) in [5.74, 6) is 0. The molecule has 0 saturated carbocycles. The zero-order valence-electron chi connectivity index (χ0n) is 11.2. The Bertz CT molecular complexity index is 601. The fraction of sp³-hybridized carbons (Fsp3) is 0.200. The van der Waals surface area contributed by atoms with Gasteiger partial charge in [-0.25, -0.2) is 0 Å². The highest BCUT2D eigenvalue weighted by Crippen LogP contribution is 2.26. The molecule has 0 fully saturated rings. The monoisotopic (exact) mass is 349 g/mol. The van der Waals surface area contributed by atoms with Gasteiger partial charge in [-0.3, -0.25) is 4.98 Å². The lowest BCUT2D eigenvalue weighted by Crippen LogP contribution is -2.21. The van der Waals surface area contributed by atoms with Crippen molar-refractivity contribution in [3.63, 3.8) is 0 Å². The molecule has 0 amide bonds. The second-order valence-electron chi connectivity index (χ2n) is 4.56. The minimum Gasteiger partial charge on any atom is -0.389 e. The molecule has 0 aliphatic carbocycles. The average Bonchev–Trinajstić information content (AvgIpc) is 2.45. The Hall–Kier alpha value is -1.46. The van der Waals surface area contributed by atoms with E-state index in [-0.39, 0.29) is 0 Å². The third-order valence-electron chi connectivity index (χ3n) is 3.13. The molecule has 1 aromatic heterocycles. The lowest BCUT2D eigenvalue weighted by Gasteiger charge is -2.21. The van der Waals surface area contributed by atoms with Gasteiger partial charge in [0, 0.05) is 36.0 Å². The van der Waals surface area contributed by atoms with Gasteiger partial charge in [0.25, 0.3) is 0 Å². The predicted octanol–water partition coefficient (Wildman–Crippen LogP) is 3.16. The predicted molar refractivity (Wildman–Crippen MR) is 91.2 cm³/mol. The van der Waals surface area contributed by atoms with Crippen LogP contribution in [-0.4, -0.2) is 23.6 Å². The number of rotatable bonds is 5. The molecule has 0 bridgehead atoms. The zero-order chi connectivity index (χ0) is 14.5. The number of thiocarbonyl (C=S) groups is 1. The third kappa shape index (κ3) is 3.77. The Morgan fingerprint density at radius 1 is 1.30 bits per heavy atom. The maximum atomic E-state index is 5.63. The minimum absolute atomic E-state index is 0.414.